The van der Waals surface area contributed by atoms with Crippen molar-refractivity contribution in [1.29, 1.82) is 0 Å². The summed E-state index contributed by atoms with van der Waals surface area (Å²) in [5.74, 6) is 2.25. The summed E-state index contributed by atoms with van der Waals surface area (Å²) in [5.41, 5.74) is 1.81. The van der Waals surface area contributed by atoms with Crippen LogP contribution in [0.3, 0.4) is 0 Å². The molecule has 0 saturated heterocycles. The van der Waals surface area contributed by atoms with Gasteiger partial charge in [0.25, 0.3) is 5.91 Å². The summed E-state index contributed by atoms with van der Waals surface area (Å²) in [6.45, 7) is 6.15. The number of rotatable bonds is 1. The van der Waals surface area contributed by atoms with Crippen LogP contribution in [0.5, 0.6) is 11.5 Å². The standard InChI is InChI=1S/C14H17NO3/c1-8(2)11-7-15-14(16)10-6-13-12(5-9(10)11)17-3-4-18-13/h5-6,8,11H,3-4,7H2,1-2H3,(H,15,16). The van der Waals surface area contributed by atoms with E-state index in [0.29, 0.717) is 37.3 Å². The van der Waals surface area contributed by atoms with Crippen LogP contribution in [0, 0.1) is 5.92 Å². The van der Waals surface area contributed by atoms with Gasteiger partial charge in [-0.05, 0) is 23.6 Å². The molecule has 2 heterocycles. The fourth-order valence-electron chi connectivity index (χ4n) is 2.61. The van der Waals surface area contributed by atoms with Gasteiger partial charge in [0, 0.05) is 18.0 Å². The zero-order chi connectivity index (χ0) is 12.7. The van der Waals surface area contributed by atoms with Crippen LogP contribution in [0.15, 0.2) is 12.1 Å². The molecule has 2 aliphatic heterocycles. The Morgan fingerprint density at radius 3 is 2.56 bits per heavy atom. The van der Waals surface area contributed by atoms with Crippen LogP contribution < -0.4 is 14.8 Å². The zero-order valence-electron chi connectivity index (χ0n) is 10.7. The molecule has 1 amide bonds. The number of carbonyl (C=O) groups is 1. The molecule has 4 heteroatoms. The molecule has 96 valence electrons. The first-order chi connectivity index (χ1) is 8.66. The van der Waals surface area contributed by atoms with Crippen molar-refractivity contribution in [3.8, 4) is 11.5 Å². The molecule has 0 fully saturated rings. The average molecular weight is 247 g/mol. The number of amides is 1. The predicted octanol–water partition coefficient (Wildman–Crippen LogP) is 1.94. The Bertz CT molecular complexity index is 496. The lowest BCUT2D eigenvalue weighted by Gasteiger charge is -2.30. The summed E-state index contributed by atoms with van der Waals surface area (Å²) in [6.07, 6.45) is 0. The molecule has 1 aromatic carbocycles. The Hall–Kier alpha value is -1.71. The van der Waals surface area contributed by atoms with Gasteiger partial charge < -0.3 is 14.8 Å². The van der Waals surface area contributed by atoms with Gasteiger partial charge in [-0.2, -0.15) is 0 Å². The fourth-order valence-corrected chi connectivity index (χ4v) is 2.61. The van der Waals surface area contributed by atoms with Gasteiger partial charge in [0.2, 0.25) is 0 Å². The van der Waals surface area contributed by atoms with Crippen molar-refractivity contribution in [1.82, 2.24) is 5.32 Å². The number of hydrogen-bond donors (Lipinski definition) is 1. The monoisotopic (exact) mass is 247 g/mol. The van der Waals surface area contributed by atoms with E-state index in [1.807, 2.05) is 12.1 Å². The van der Waals surface area contributed by atoms with E-state index in [1.165, 1.54) is 0 Å². The molecule has 1 atom stereocenters. The molecule has 0 radical (unpaired) electrons. The highest BCUT2D eigenvalue weighted by Crippen LogP contribution is 2.39. The summed E-state index contributed by atoms with van der Waals surface area (Å²) in [5, 5.41) is 2.94. The van der Waals surface area contributed by atoms with E-state index in [2.05, 4.69) is 19.2 Å². The van der Waals surface area contributed by atoms with Crippen molar-refractivity contribution in [2.75, 3.05) is 19.8 Å². The normalized spacial score (nSPS) is 21.5. The lowest BCUT2D eigenvalue weighted by Crippen LogP contribution is -2.37. The van der Waals surface area contributed by atoms with Crippen LogP contribution in [0.1, 0.15) is 35.7 Å². The first-order valence-corrected chi connectivity index (χ1v) is 6.38. The van der Waals surface area contributed by atoms with E-state index < -0.39 is 0 Å². The maximum absolute atomic E-state index is 11.9. The summed E-state index contributed by atoms with van der Waals surface area (Å²) >= 11 is 0. The third-order valence-electron chi connectivity index (χ3n) is 3.65. The van der Waals surface area contributed by atoms with Crippen molar-refractivity contribution >= 4 is 5.91 Å². The van der Waals surface area contributed by atoms with Gasteiger partial charge in [-0.25, -0.2) is 0 Å². The van der Waals surface area contributed by atoms with Crippen molar-refractivity contribution in [2.24, 2.45) is 5.92 Å². The summed E-state index contributed by atoms with van der Waals surface area (Å²) in [6, 6.07) is 3.79. The van der Waals surface area contributed by atoms with Crippen LogP contribution in [-0.2, 0) is 0 Å². The molecule has 1 aromatic rings. The molecule has 18 heavy (non-hydrogen) atoms. The van der Waals surface area contributed by atoms with Crippen molar-refractivity contribution in [3.63, 3.8) is 0 Å². The fraction of sp³-hybridized carbons (Fsp3) is 0.500. The lowest BCUT2D eigenvalue weighted by atomic mass is 9.82. The SMILES string of the molecule is CC(C)C1CNC(=O)c2cc3c(cc21)OCCO3. The third-order valence-corrected chi connectivity index (χ3v) is 3.65. The van der Waals surface area contributed by atoms with Crippen molar-refractivity contribution < 1.29 is 14.3 Å². The van der Waals surface area contributed by atoms with Crippen LogP contribution in [0.2, 0.25) is 0 Å². The molecule has 0 spiro atoms. The van der Waals surface area contributed by atoms with E-state index in [4.69, 9.17) is 9.47 Å². The van der Waals surface area contributed by atoms with E-state index in [1.54, 1.807) is 0 Å². The minimum atomic E-state index is -0.0149. The highest BCUT2D eigenvalue weighted by Gasteiger charge is 2.30. The van der Waals surface area contributed by atoms with Crippen LogP contribution in [0.25, 0.3) is 0 Å². The largest absolute Gasteiger partial charge is 0.486 e. The van der Waals surface area contributed by atoms with Crippen molar-refractivity contribution in [3.05, 3.63) is 23.3 Å². The van der Waals surface area contributed by atoms with Gasteiger partial charge >= 0.3 is 0 Å². The summed E-state index contributed by atoms with van der Waals surface area (Å²) in [4.78, 5) is 11.9. The number of carbonyl (C=O) groups excluding carboxylic acids is 1. The van der Waals surface area contributed by atoms with E-state index in [0.717, 1.165) is 16.9 Å². The Morgan fingerprint density at radius 2 is 1.89 bits per heavy atom. The van der Waals surface area contributed by atoms with Crippen LogP contribution in [0.4, 0.5) is 0 Å². The number of fused-ring (bicyclic) bond motifs is 2. The predicted molar refractivity (Wildman–Crippen MR) is 67.3 cm³/mol. The van der Waals surface area contributed by atoms with Crippen LogP contribution in [-0.4, -0.2) is 25.7 Å². The molecule has 1 unspecified atom stereocenters. The second-order valence-electron chi connectivity index (χ2n) is 5.14. The van der Waals surface area contributed by atoms with E-state index in [-0.39, 0.29) is 5.91 Å². The Morgan fingerprint density at radius 1 is 1.22 bits per heavy atom. The Labute approximate surface area is 106 Å². The van der Waals surface area contributed by atoms with Gasteiger partial charge in [0.1, 0.15) is 13.2 Å². The first-order valence-electron chi connectivity index (χ1n) is 6.38. The lowest BCUT2D eigenvalue weighted by molar-refractivity contribution is 0.0934. The smallest absolute Gasteiger partial charge is 0.251 e. The number of ether oxygens (including phenoxy) is 2. The molecule has 0 aromatic heterocycles. The molecule has 1 N–H and O–H groups in total. The highest BCUT2D eigenvalue weighted by atomic mass is 16.6. The van der Waals surface area contributed by atoms with Crippen LogP contribution >= 0.6 is 0 Å². The van der Waals surface area contributed by atoms with E-state index >= 15 is 0 Å². The molecular formula is C14H17NO3. The second-order valence-corrected chi connectivity index (χ2v) is 5.14. The quantitative estimate of drug-likeness (QED) is 0.825. The van der Waals surface area contributed by atoms with E-state index in [9.17, 15) is 4.79 Å². The van der Waals surface area contributed by atoms with Gasteiger partial charge in [-0.15, -0.1) is 0 Å². The number of benzene rings is 1. The molecule has 0 aliphatic carbocycles. The topological polar surface area (TPSA) is 47.6 Å². The van der Waals surface area contributed by atoms with Gasteiger partial charge in [0.15, 0.2) is 11.5 Å². The third kappa shape index (κ3) is 1.72. The molecule has 0 bridgehead atoms. The molecular weight excluding hydrogens is 230 g/mol. The Kier molecular flexibility index (Phi) is 2.65. The summed E-state index contributed by atoms with van der Waals surface area (Å²) < 4.78 is 11.1. The number of hydrogen-bond acceptors (Lipinski definition) is 3. The minimum Gasteiger partial charge on any atom is -0.486 e. The van der Waals surface area contributed by atoms with Gasteiger partial charge in [0.05, 0.1) is 0 Å². The second kappa shape index (κ2) is 4.19. The highest BCUT2D eigenvalue weighted by molar-refractivity contribution is 5.98. The molecule has 4 nitrogen and oxygen atoms in total. The average Bonchev–Trinajstić information content (AvgIpc) is 2.37. The van der Waals surface area contributed by atoms with Gasteiger partial charge in [-0.3, -0.25) is 4.79 Å². The molecule has 0 saturated carbocycles. The minimum absolute atomic E-state index is 0.0149. The Balaban J connectivity index is 2.11. The maximum atomic E-state index is 11.9. The van der Waals surface area contributed by atoms with Crippen molar-refractivity contribution in [2.45, 2.75) is 19.8 Å². The summed E-state index contributed by atoms with van der Waals surface area (Å²) in [7, 11) is 0. The van der Waals surface area contributed by atoms with Gasteiger partial charge in [-0.1, -0.05) is 13.8 Å². The molecule has 3 rings (SSSR count). The maximum Gasteiger partial charge on any atom is 0.251 e. The first kappa shape index (κ1) is 11.4. The number of nitrogens with one attached hydrogen (secondary N) is 1. The zero-order valence-corrected chi connectivity index (χ0v) is 10.7. The molecule has 2 aliphatic rings.